The van der Waals surface area contributed by atoms with Gasteiger partial charge < -0.3 is 11.1 Å². The predicted molar refractivity (Wildman–Crippen MR) is 78.1 cm³/mol. The SMILES string of the molecule is CCCC(C(=O)NC(C)c1ccc(F)cc1)C(N)=S. The monoisotopic (exact) mass is 282 g/mol. The second kappa shape index (κ2) is 7.19. The number of nitrogens with two attached hydrogens (primary N) is 1. The van der Waals surface area contributed by atoms with E-state index < -0.39 is 5.92 Å². The molecule has 0 heterocycles. The van der Waals surface area contributed by atoms with Crippen LogP contribution >= 0.6 is 12.2 Å². The van der Waals surface area contributed by atoms with Crippen LogP contribution in [0.1, 0.15) is 38.3 Å². The van der Waals surface area contributed by atoms with Crippen molar-refractivity contribution in [3.8, 4) is 0 Å². The van der Waals surface area contributed by atoms with Gasteiger partial charge in [-0.25, -0.2) is 4.39 Å². The molecule has 0 saturated carbocycles. The minimum Gasteiger partial charge on any atom is -0.393 e. The highest BCUT2D eigenvalue weighted by molar-refractivity contribution is 7.80. The molecule has 3 nitrogen and oxygen atoms in total. The molecule has 0 aromatic heterocycles. The van der Waals surface area contributed by atoms with Crippen LogP contribution in [-0.2, 0) is 4.79 Å². The Morgan fingerprint density at radius 2 is 2.00 bits per heavy atom. The van der Waals surface area contributed by atoms with Crippen molar-refractivity contribution in [2.24, 2.45) is 11.7 Å². The van der Waals surface area contributed by atoms with Crippen LogP contribution < -0.4 is 11.1 Å². The summed E-state index contributed by atoms with van der Waals surface area (Å²) in [6.07, 6.45) is 1.47. The van der Waals surface area contributed by atoms with E-state index in [0.717, 1.165) is 12.0 Å². The predicted octanol–water partition coefficient (Wildman–Crippen LogP) is 2.71. The van der Waals surface area contributed by atoms with Crippen molar-refractivity contribution in [3.63, 3.8) is 0 Å². The number of carbonyl (C=O) groups is 1. The van der Waals surface area contributed by atoms with E-state index in [1.54, 1.807) is 12.1 Å². The third-order valence-electron chi connectivity index (χ3n) is 2.97. The van der Waals surface area contributed by atoms with Crippen LogP contribution in [0.4, 0.5) is 4.39 Å². The number of carbonyl (C=O) groups excluding carboxylic acids is 1. The first-order valence-corrected chi connectivity index (χ1v) is 6.71. The summed E-state index contributed by atoms with van der Waals surface area (Å²) in [4.78, 5) is 12.3. The molecular formula is C14H19FN2OS. The van der Waals surface area contributed by atoms with E-state index in [2.05, 4.69) is 5.32 Å². The van der Waals surface area contributed by atoms with Crippen molar-refractivity contribution in [1.29, 1.82) is 0 Å². The van der Waals surface area contributed by atoms with Gasteiger partial charge in [0, 0.05) is 0 Å². The molecule has 1 aromatic carbocycles. The minimum atomic E-state index is -0.442. The van der Waals surface area contributed by atoms with Gasteiger partial charge in [-0.3, -0.25) is 4.79 Å². The normalized spacial score (nSPS) is 13.6. The summed E-state index contributed by atoms with van der Waals surface area (Å²) in [5.74, 6) is -0.914. The van der Waals surface area contributed by atoms with Crippen LogP contribution in [-0.4, -0.2) is 10.9 Å². The van der Waals surface area contributed by atoms with E-state index in [-0.39, 0.29) is 22.8 Å². The van der Waals surface area contributed by atoms with Gasteiger partial charge in [-0.05, 0) is 31.0 Å². The molecule has 0 spiro atoms. The first-order chi connectivity index (χ1) is 8.95. The van der Waals surface area contributed by atoms with Crippen LogP contribution in [0.3, 0.4) is 0 Å². The van der Waals surface area contributed by atoms with Crippen molar-refractivity contribution in [2.45, 2.75) is 32.7 Å². The second-order valence-electron chi connectivity index (χ2n) is 4.53. The zero-order valence-corrected chi connectivity index (χ0v) is 12.0. The lowest BCUT2D eigenvalue weighted by atomic mass is 10.0. The molecule has 1 aromatic rings. The minimum absolute atomic E-state index is 0.175. The summed E-state index contributed by atoms with van der Waals surface area (Å²) in [5.41, 5.74) is 6.42. The highest BCUT2D eigenvalue weighted by Gasteiger charge is 2.22. The molecule has 19 heavy (non-hydrogen) atoms. The van der Waals surface area contributed by atoms with Gasteiger partial charge in [0.05, 0.1) is 16.9 Å². The molecule has 0 aliphatic rings. The van der Waals surface area contributed by atoms with Crippen molar-refractivity contribution in [3.05, 3.63) is 35.6 Å². The van der Waals surface area contributed by atoms with Gasteiger partial charge >= 0.3 is 0 Å². The average Bonchev–Trinajstić information content (AvgIpc) is 2.36. The molecule has 0 radical (unpaired) electrons. The number of amides is 1. The largest absolute Gasteiger partial charge is 0.393 e. The number of halogens is 1. The Morgan fingerprint density at radius 3 is 2.47 bits per heavy atom. The highest BCUT2D eigenvalue weighted by atomic mass is 32.1. The third kappa shape index (κ3) is 4.59. The van der Waals surface area contributed by atoms with Crippen LogP contribution in [0.25, 0.3) is 0 Å². The third-order valence-corrected chi connectivity index (χ3v) is 3.25. The Kier molecular flexibility index (Phi) is 5.89. The van der Waals surface area contributed by atoms with Gasteiger partial charge in [0.2, 0.25) is 5.91 Å². The summed E-state index contributed by atoms with van der Waals surface area (Å²) in [5, 5.41) is 2.85. The molecule has 2 atom stereocenters. The van der Waals surface area contributed by atoms with Crippen LogP contribution in [0.15, 0.2) is 24.3 Å². The highest BCUT2D eigenvalue weighted by Crippen LogP contribution is 2.15. The van der Waals surface area contributed by atoms with E-state index in [0.29, 0.717) is 6.42 Å². The number of nitrogens with one attached hydrogen (secondary N) is 1. The van der Waals surface area contributed by atoms with Crippen molar-refractivity contribution >= 4 is 23.1 Å². The van der Waals surface area contributed by atoms with Gasteiger partial charge in [0.15, 0.2) is 0 Å². The number of rotatable bonds is 6. The van der Waals surface area contributed by atoms with Crippen LogP contribution in [0, 0.1) is 11.7 Å². The Morgan fingerprint density at radius 1 is 1.42 bits per heavy atom. The lowest BCUT2D eigenvalue weighted by molar-refractivity contribution is -0.123. The zero-order valence-electron chi connectivity index (χ0n) is 11.2. The Bertz CT molecular complexity index is 447. The number of hydrogen-bond acceptors (Lipinski definition) is 2. The smallest absolute Gasteiger partial charge is 0.230 e. The first-order valence-electron chi connectivity index (χ1n) is 6.30. The van der Waals surface area contributed by atoms with Crippen LogP contribution in [0.2, 0.25) is 0 Å². The topological polar surface area (TPSA) is 55.1 Å². The van der Waals surface area contributed by atoms with Gasteiger partial charge in [0.1, 0.15) is 5.82 Å². The van der Waals surface area contributed by atoms with Crippen molar-refractivity contribution in [2.75, 3.05) is 0 Å². The molecule has 3 N–H and O–H groups in total. The maximum Gasteiger partial charge on any atom is 0.230 e. The summed E-state index contributed by atoms with van der Waals surface area (Å²) < 4.78 is 12.8. The fourth-order valence-corrected chi connectivity index (χ4v) is 2.06. The molecule has 2 unspecified atom stereocenters. The van der Waals surface area contributed by atoms with Crippen molar-refractivity contribution < 1.29 is 9.18 Å². The summed E-state index contributed by atoms with van der Waals surface area (Å²) in [6, 6.07) is 5.83. The Hall–Kier alpha value is -1.49. The van der Waals surface area contributed by atoms with E-state index in [9.17, 15) is 9.18 Å². The molecule has 1 rings (SSSR count). The molecule has 104 valence electrons. The quantitative estimate of drug-likeness (QED) is 0.789. The van der Waals surface area contributed by atoms with E-state index in [4.69, 9.17) is 18.0 Å². The Labute approximate surface area is 118 Å². The average molecular weight is 282 g/mol. The molecule has 0 bridgehead atoms. The maximum atomic E-state index is 12.8. The number of benzene rings is 1. The molecule has 5 heteroatoms. The summed E-state index contributed by atoms with van der Waals surface area (Å²) in [6.45, 7) is 3.82. The number of hydrogen-bond donors (Lipinski definition) is 2. The first kappa shape index (κ1) is 15.6. The Balaban J connectivity index is 2.69. The molecule has 0 fully saturated rings. The fraction of sp³-hybridized carbons (Fsp3) is 0.429. The maximum absolute atomic E-state index is 12.8. The lowest BCUT2D eigenvalue weighted by Crippen LogP contribution is -2.39. The molecule has 0 aliphatic heterocycles. The van der Waals surface area contributed by atoms with Gasteiger partial charge in [-0.15, -0.1) is 0 Å². The van der Waals surface area contributed by atoms with E-state index in [1.165, 1.54) is 12.1 Å². The summed E-state index contributed by atoms with van der Waals surface area (Å²) >= 11 is 4.91. The lowest BCUT2D eigenvalue weighted by Gasteiger charge is -2.19. The summed E-state index contributed by atoms with van der Waals surface area (Å²) in [7, 11) is 0. The van der Waals surface area contributed by atoms with Gasteiger partial charge in [-0.2, -0.15) is 0 Å². The molecular weight excluding hydrogens is 263 g/mol. The molecule has 0 saturated heterocycles. The van der Waals surface area contributed by atoms with E-state index >= 15 is 0 Å². The standard InChI is InChI=1S/C14H19FN2OS/c1-3-4-12(13(16)19)14(18)17-9(2)10-5-7-11(15)8-6-10/h5-9,12H,3-4H2,1-2H3,(H2,16,19)(H,17,18). The number of thiocarbonyl (C=S) groups is 1. The molecule has 0 aliphatic carbocycles. The zero-order chi connectivity index (χ0) is 14.4. The van der Waals surface area contributed by atoms with E-state index in [1.807, 2.05) is 13.8 Å². The van der Waals surface area contributed by atoms with Crippen LogP contribution in [0.5, 0.6) is 0 Å². The van der Waals surface area contributed by atoms with Gasteiger partial charge in [-0.1, -0.05) is 37.7 Å². The second-order valence-corrected chi connectivity index (χ2v) is 5.00. The van der Waals surface area contributed by atoms with Gasteiger partial charge in [0.25, 0.3) is 0 Å². The molecule has 1 amide bonds. The van der Waals surface area contributed by atoms with Crippen molar-refractivity contribution in [1.82, 2.24) is 5.32 Å². The fourth-order valence-electron chi connectivity index (χ4n) is 1.84.